The lowest BCUT2D eigenvalue weighted by Crippen LogP contribution is -2.48. The summed E-state index contributed by atoms with van der Waals surface area (Å²) in [4.78, 5) is 0. The fourth-order valence-corrected chi connectivity index (χ4v) is 3.38. The van der Waals surface area contributed by atoms with Crippen molar-refractivity contribution in [3.05, 3.63) is 29.8 Å². The third-order valence-electron chi connectivity index (χ3n) is 5.49. The van der Waals surface area contributed by atoms with Crippen LogP contribution in [0.5, 0.6) is 5.75 Å². The Balaban J connectivity index is 2.08. The van der Waals surface area contributed by atoms with Gasteiger partial charge in [-0.05, 0) is 56.7 Å². The highest BCUT2D eigenvalue weighted by atomic mass is 16.5. The Kier molecular flexibility index (Phi) is 5.32. The molecule has 0 bridgehead atoms. The van der Waals surface area contributed by atoms with E-state index in [-0.39, 0.29) is 6.10 Å². The highest BCUT2D eigenvalue weighted by Gasteiger charge is 2.37. The number of nitrogens with one attached hydrogen (secondary N) is 1. The second-order valence-corrected chi connectivity index (χ2v) is 7.22. The van der Waals surface area contributed by atoms with Crippen LogP contribution in [-0.2, 0) is 0 Å². The maximum absolute atomic E-state index is 6.32. The van der Waals surface area contributed by atoms with Gasteiger partial charge in [-0.3, -0.25) is 0 Å². The molecule has 3 unspecified atom stereocenters. The van der Waals surface area contributed by atoms with Gasteiger partial charge in [0.25, 0.3) is 0 Å². The van der Waals surface area contributed by atoms with Crippen molar-refractivity contribution in [3.8, 4) is 5.75 Å². The average Bonchev–Trinajstić information content (AvgIpc) is 2.49. The molecule has 0 saturated heterocycles. The molecule has 0 aromatic heterocycles. The van der Waals surface area contributed by atoms with E-state index in [0.717, 1.165) is 18.1 Å². The Morgan fingerprint density at radius 2 is 1.86 bits per heavy atom. The van der Waals surface area contributed by atoms with Crippen LogP contribution in [0.25, 0.3) is 0 Å². The maximum Gasteiger partial charge on any atom is 0.119 e. The minimum Gasteiger partial charge on any atom is -0.489 e. The van der Waals surface area contributed by atoms with Crippen molar-refractivity contribution in [1.82, 2.24) is 5.32 Å². The van der Waals surface area contributed by atoms with Crippen molar-refractivity contribution in [2.45, 2.75) is 65.5 Å². The zero-order valence-corrected chi connectivity index (χ0v) is 14.3. The van der Waals surface area contributed by atoms with E-state index < -0.39 is 0 Å². The van der Waals surface area contributed by atoms with E-state index in [0.29, 0.717) is 11.5 Å². The molecule has 118 valence electrons. The zero-order valence-electron chi connectivity index (χ0n) is 14.3. The van der Waals surface area contributed by atoms with E-state index in [9.17, 15) is 0 Å². The van der Waals surface area contributed by atoms with Crippen molar-refractivity contribution in [2.24, 2.45) is 11.3 Å². The molecule has 1 fully saturated rings. The number of benzene rings is 1. The molecule has 1 N–H and O–H groups in total. The van der Waals surface area contributed by atoms with Gasteiger partial charge in [-0.1, -0.05) is 44.9 Å². The van der Waals surface area contributed by atoms with Crippen LogP contribution in [0.4, 0.5) is 0 Å². The number of likely N-dealkylation sites (N-methyl/N-ethyl adjacent to an activating group) is 1. The summed E-state index contributed by atoms with van der Waals surface area (Å²) < 4.78 is 6.32. The molecular formula is C19H31NO. The number of aryl methyl sites for hydroxylation is 1. The molecule has 0 aliphatic heterocycles. The Morgan fingerprint density at radius 1 is 1.19 bits per heavy atom. The molecule has 2 rings (SSSR count). The minimum atomic E-state index is 0.280. The van der Waals surface area contributed by atoms with Gasteiger partial charge in [0.15, 0.2) is 0 Å². The monoisotopic (exact) mass is 289 g/mol. The first-order valence-electron chi connectivity index (χ1n) is 8.37. The van der Waals surface area contributed by atoms with Gasteiger partial charge in [-0.15, -0.1) is 0 Å². The van der Waals surface area contributed by atoms with Crippen LogP contribution >= 0.6 is 0 Å². The topological polar surface area (TPSA) is 21.3 Å². The number of rotatable bonds is 5. The Bertz CT molecular complexity index is 437. The molecule has 0 spiro atoms. The quantitative estimate of drug-likeness (QED) is 0.857. The Labute approximate surface area is 130 Å². The fourth-order valence-electron chi connectivity index (χ4n) is 3.38. The first-order valence-corrected chi connectivity index (χ1v) is 8.37. The van der Waals surface area contributed by atoms with Crippen LogP contribution in [0.1, 0.15) is 52.0 Å². The van der Waals surface area contributed by atoms with Crippen molar-refractivity contribution < 1.29 is 4.74 Å². The van der Waals surface area contributed by atoms with Crippen LogP contribution in [0.2, 0.25) is 0 Å². The lowest BCUT2D eigenvalue weighted by Gasteiger charge is -2.42. The summed E-state index contributed by atoms with van der Waals surface area (Å²) in [7, 11) is 2.06. The van der Waals surface area contributed by atoms with Crippen LogP contribution in [0.15, 0.2) is 24.3 Å². The summed E-state index contributed by atoms with van der Waals surface area (Å²) in [5.41, 5.74) is 1.69. The third kappa shape index (κ3) is 4.00. The highest BCUT2D eigenvalue weighted by Crippen LogP contribution is 2.41. The molecule has 1 aromatic rings. The Hall–Kier alpha value is -1.02. The molecule has 2 nitrogen and oxygen atoms in total. The lowest BCUT2D eigenvalue weighted by molar-refractivity contribution is 0.0414. The average molecular weight is 289 g/mol. The predicted octanol–water partition coefficient (Wildman–Crippen LogP) is 4.57. The summed E-state index contributed by atoms with van der Waals surface area (Å²) in [6, 6.07) is 8.91. The van der Waals surface area contributed by atoms with Crippen molar-refractivity contribution in [2.75, 3.05) is 7.05 Å². The third-order valence-corrected chi connectivity index (χ3v) is 5.49. The van der Waals surface area contributed by atoms with Gasteiger partial charge in [0.05, 0.1) is 0 Å². The molecule has 1 saturated carbocycles. The normalized spacial score (nSPS) is 26.6. The van der Waals surface area contributed by atoms with Gasteiger partial charge in [0.2, 0.25) is 0 Å². The predicted molar refractivity (Wildman–Crippen MR) is 89.9 cm³/mol. The second kappa shape index (κ2) is 6.83. The molecule has 1 aliphatic carbocycles. The number of ether oxygens (including phenoxy) is 1. The summed E-state index contributed by atoms with van der Waals surface area (Å²) in [6.07, 6.45) is 5.18. The molecule has 0 radical (unpaired) electrons. The SMILES string of the molecule is CCC(C)(C)C1CCC(NC)C(Oc2ccc(C)cc2)C1. The van der Waals surface area contributed by atoms with E-state index in [1.807, 2.05) is 0 Å². The minimum absolute atomic E-state index is 0.280. The summed E-state index contributed by atoms with van der Waals surface area (Å²) >= 11 is 0. The van der Waals surface area contributed by atoms with Crippen LogP contribution in [0, 0.1) is 18.3 Å². The standard InChI is InChI=1S/C19H31NO/c1-6-19(3,4)15-9-12-17(20-5)18(13-15)21-16-10-7-14(2)8-11-16/h7-8,10-11,15,17-18,20H,6,9,12-13H2,1-5H3. The molecule has 1 aliphatic rings. The van der Waals surface area contributed by atoms with Crippen LogP contribution in [-0.4, -0.2) is 19.2 Å². The van der Waals surface area contributed by atoms with Crippen LogP contribution in [0.3, 0.4) is 0 Å². The molecule has 0 heterocycles. The van der Waals surface area contributed by atoms with E-state index in [2.05, 4.69) is 64.3 Å². The van der Waals surface area contributed by atoms with Gasteiger partial charge < -0.3 is 10.1 Å². The molecular weight excluding hydrogens is 258 g/mol. The largest absolute Gasteiger partial charge is 0.489 e. The van der Waals surface area contributed by atoms with Gasteiger partial charge in [0.1, 0.15) is 11.9 Å². The maximum atomic E-state index is 6.32. The summed E-state index contributed by atoms with van der Waals surface area (Å²) in [6.45, 7) is 9.22. The fraction of sp³-hybridized carbons (Fsp3) is 0.684. The zero-order chi connectivity index (χ0) is 15.5. The van der Waals surface area contributed by atoms with Gasteiger partial charge in [0, 0.05) is 6.04 Å². The molecule has 3 atom stereocenters. The first-order chi connectivity index (χ1) is 9.96. The second-order valence-electron chi connectivity index (χ2n) is 7.22. The Morgan fingerprint density at radius 3 is 2.43 bits per heavy atom. The number of hydrogen-bond acceptors (Lipinski definition) is 2. The van der Waals surface area contributed by atoms with Crippen molar-refractivity contribution in [3.63, 3.8) is 0 Å². The molecule has 2 heteroatoms. The van der Waals surface area contributed by atoms with E-state index in [4.69, 9.17) is 4.74 Å². The summed E-state index contributed by atoms with van der Waals surface area (Å²) in [5, 5.41) is 3.45. The van der Waals surface area contributed by atoms with Gasteiger partial charge in [-0.25, -0.2) is 0 Å². The summed E-state index contributed by atoms with van der Waals surface area (Å²) in [5.74, 6) is 1.75. The smallest absolute Gasteiger partial charge is 0.119 e. The first kappa shape index (κ1) is 16.4. The van der Waals surface area contributed by atoms with Gasteiger partial charge >= 0.3 is 0 Å². The van der Waals surface area contributed by atoms with Crippen molar-refractivity contribution >= 4 is 0 Å². The highest BCUT2D eigenvalue weighted by molar-refractivity contribution is 5.26. The van der Waals surface area contributed by atoms with Gasteiger partial charge in [-0.2, -0.15) is 0 Å². The van der Waals surface area contributed by atoms with Crippen LogP contribution < -0.4 is 10.1 Å². The lowest BCUT2D eigenvalue weighted by atomic mass is 9.68. The van der Waals surface area contributed by atoms with E-state index in [1.54, 1.807) is 0 Å². The van der Waals surface area contributed by atoms with E-state index in [1.165, 1.54) is 24.8 Å². The number of hydrogen-bond donors (Lipinski definition) is 1. The van der Waals surface area contributed by atoms with Crippen molar-refractivity contribution in [1.29, 1.82) is 0 Å². The molecule has 0 amide bonds. The molecule has 21 heavy (non-hydrogen) atoms. The molecule has 1 aromatic carbocycles. The van der Waals surface area contributed by atoms with E-state index >= 15 is 0 Å².